The molecule has 0 unspecified atom stereocenters. The molecule has 1 N–H and O–H groups in total. The SMILES string of the molecule is Cc1cc(OC(C)C)nc(NCC2CCSCC2)n1. The average Bonchev–Trinajstić information content (AvgIpc) is 2.36. The summed E-state index contributed by atoms with van der Waals surface area (Å²) in [6, 6.07) is 1.88. The second kappa shape index (κ2) is 6.98. The van der Waals surface area contributed by atoms with Crippen LogP contribution in [0.25, 0.3) is 0 Å². The van der Waals surface area contributed by atoms with E-state index in [2.05, 4.69) is 27.0 Å². The van der Waals surface area contributed by atoms with Gasteiger partial charge in [-0.05, 0) is 51.0 Å². The van der Waals surface area contributed by atoms with Crippen LogP contribution >= 0.6 is 11.8 Å². The van der Waals surface area contributed by atoms with Gasteiger partial charge in [0.05, 0.1) is 6.10 Å². The maximum absolute atomic E-state index is 5.63. The first-order chi connectivity index (χ1) is 9.13. The van der Waals surface area contributed by atoms with Crippen molar-refractivity contribution in [1.29, 1.82) is 0 Å². The van der Waals surface area contributed by atoms with Crippen molar-refractivity contribution in [3.05, 3.63) is 11.8 Å². The van der Waals surface area contributed by atoms with Crippen LogP contribution in [-0.2, 0) is 0 Å². The third kappa shape index (κ3) is 4.90. The van der Waals surface area contributed by atoms with E-state index in [-0.39, 0.29) is 6.10 Å². The molecule has 1 aliphatic rings. The topological polar surface area (TPSA) is 47.0 Å². The highest BCUT2D eigenvalue weighted by molar-refractivity contribution is 7.99. The number of aryl methyl sites for hydroxylation is 1. The lowest BCUT2D eigenvalue weighted by Crippen LogP contribution is -2.20. The summed E-state index contributed by atoms with van der Waals surface area (Å²) in [6.45, 7) is 6.94. The monoisotopic (exact) mass is 281 g/mol. The smallest absolute Gasteiger partial charge is 0.226 e. The van der Waals surface area contributed by atoms with Gasteiger partial charge in [0.25, 0.3) is 0 Å². The number of rotatable bonds is 5. The van der Waals surface area contributed by atoms with E-state index in [1.807, 2.05) is 26.8 Å². The average molecular weight is 281 g/mol. The number of aromatic nitrogens is 2. The Morgan fingerprint density at radius 1 is 1.37 bits per heavy atom. The summed E-state index contributed by atoms with van der Waals surface area (Å²) in [5, 5.41) is 3.36. The molecule has 2 rings (SSSR count). The van der Waals surface area contributed by atoms with Gasteiger partial charge < -0.3 is 10.1 Å². The molecule has 2 heterocycles. The largest absolute Gasteiger partial charge is 0.475 e. The first kappa shape index (κ1) is 14.4. The summed E-state index contributed by atoms with van der Waals surface area (Å²) in [6.07, 6.45) is 2.72. The Balaban J connectivity index is 1.93. The quantitative estimate of drug-likeness (QED) is 0.898. The van der Waals surface area contributed by atoms with E-state index >= 15 is 0 Å². The van der Waals surface area contributed by atoms with E-state index in [9.17, 15) is 0 Å². The molecule has 5 heteroatoms. The van der Waals surface area contributed by atoms with Crippen molar-refractivity contribution < 1.29 is 4.74 Å². The first-order valence-corrected chi connectivity index (χ1v) is 8.13. The molecule has 4 nitrogen and oxygen atoms in total. The number of thioether (sulfide) groups is 1. The number of hydrogen-bond donors (Lipinski definition) is 1. The fourth-order valence-corrected chi connectivity index (χ4v) is 3.31. The van der Waals surface area contributed by atoms with Crippen molar-refractivity contribution in [3.63, 3.8) is 0 Å². The molecular weight excluding hydrogens is 258 g/mol. The van der Waals surface area contributed by atoms with Crippen LogP contribution in [-0.4, -0.2) is 34.1 Å². The van der Waals surface area contributed by atoms with Crippen LogP contribution < -0.4 is 10.1 Å². The maximum atomic E-state index is 5.63. The van der Waals surface area contributed by atoms with E-state index in [1.165, 1.54) is 24.3 Å². The number of nitrogens with zero attached hydrogens (tertiary/aromatic N) is 2. The lowest BCUT2D eigenvalue weighted by atomic mass is 10.0. The molecule has 106 valence electrons. The van der Waals surface area contributed by atoms with E-state index in [1.54, 1.807) is 0 Å². The predicted octanol–water partition coefficient (Wildman–Crippen LogP) is 3.13. The summed E-state index contributed by atoms with van der Waals surface area (Å²) >= 11 is 2.05. The van der Waals surface area contributed by atoms with E-state index in [0.717, 1.165) is 18.2 Å². The minimum Gasteiger partial charge on any atom is -0.475 e. The van der Waals surface area contributed by atoms with Crippen LogP contribution in [0.2, 0.25) is 0 Å². The van der Waals surface area contributed by atoms with Gasteiger partial charge in [0.15, 0.2) is 0 Å². The zero-order chi connectivity index (χ0) is 13.7. The molecule has 0 amide bonds. The molecule has 19 heavy (non-hydrogen) atoms. The van der Waals surface area contributed by atoms with Crippen molar-refractivity contribution in [2.75, 3.05) is 23.4 Å². The Kier molecular flexibility index (Phi) is 5.31. The summed E-state index contributed by atoms with van der Waals surface area (Å²) in [5.74, 6) is 4.66. The molecule has 1 aliphatic heterocycles. The summed E-state index contributed by atoms with van der Waals surface area (Å²) in [7, 11) is 0. The lowest BCUT2D eigenvalue weighted by Gasteiger charge is -2.21. The molecule has 0 aromatic carbocycles. The third-order valence-corrected chi connectivity index (χ3v) is 4.13. The van der Waals surface area contributed by atoms with Crippen molar-refractivity contribution in [2.24, 2.45) is 5.92 Å². The number of hydrogen-bond acceptors (Lipinski definition) is 5. The van der Waals surface area contributed by atoms with E-state index in [4.69, 9.17) is 4.74 Å². The molecule has 1 aromatic heterocycles. The molecule has 0 aliphatic carbocycles. The minimum absolute atomic E-state index is 0.137. The van der Waals surface area contributed by atoms with Crippen molar-refractivity contribution in [3.8, 4) is 5.88 Å². The lowest BCUT2D eigenvalue weighted by molar-refractivity contribution is 0.232. The number of nitrogens with one attached hydrogen (secondary N) is 1. The summed E-state index contributed by atoms with van der Waals surface area (Å²) in [5.41, 5.74) is 0.937. The highest BCUT2D eigenvalue weighted by Gasteiger charge is 2.14. The van der Waals surface area contributed by atoms with Crippen molar-refractivity contribution in [2.45, 2.75) is 39.7 Å². The molecule has 0 atom stereocenters. The van der Waals surface area contributed by atoms with Gasteiger partial charge in [-0.1, -0.05) is 0 Å². The highest BCUT2D eigenvalue weighted by Crippen LogP contribution is 2.23. The van der Waals surface area contributed by atoms with Gasteiger partial charge in [-0.25, -0.2) is 4.98 Å². The van der Waals surface area contributed by atoms with Crippen LogP contribution in [0.1, 0.15) is 32.4 Å². The van der Waals surface area contributed by atoms with Gasteiger partial charge in [-0.2, -0.15) is 16.7 Å². The van der Waals surface area contributed by atoms with E-state index in [0.29, 0.717) is 11.8 Å². The zero-order valence-electron chi connectivity index (χ0n) is 12.0. The Labute approximate surface area is 119 Å². The van der Waals surface area contributed by atoms with E-state index < -0.39 is 0 Å². The predicted molar refractivity (Wildman–Crippen MR) is 81.1 cm³/mol. The summed E-state index contributed by atoms with van der Waals surface area (Å²) in [4.78, 5) is 8.83. The fraction of sp³-hybridized carbons (Fsp3) is 0.714. The van der Waals surface area contributed by atoms with Gasteiger partial charge in [0.1, 0.15) is 0 Å². The second-order valence-corrected chi connectivity index (χ2v) is 6.50. The number of ether oxygens (including phenoxy) is 1. The molecule has 0 bridgehead atoms. The van der Waals surface area contributed by atoms with Crippen LogP contribution in [0.3, 0.4) is 0 Å². The second-order valence-electron chi connectivity index (χ2n) is 5.27. The van der Waals surface area contributed by atoms with Crippen LogP contribution in [0.15, 0.2) is 6.07 Å². The first-order valence-electron chi connectivity index (χ1n) is 6.97. The molecule has 1 aromatic rings. The van der Waals surface area contributed by atoms with Gasteiger partial charge >= 0.3 is 0 Å². The third-order valence-electron chi connectivity index (χ3n) is 3.08. The standard InChI is InChI=1S/C14H23N3OS/c1-10(2)18-13-8-11(3)16-14(17-13)15-9-12-4-6-19-7-5-12/h8,10,12H,4-7,9H2,1-3H3,(H,15,16,17). The molecule has 0 spiro atoms. The normalized spacial score (nSPS) is 16.6. The van der Waals surface area contributed by atoms with Crippen molar-refractivity contribution in [1.82, 2.24) is 9.97 Å². The Hall–Kier alpha value is -0.970. The molecule has 0 saturated carbocycles. The van der Waals surface area contributed by atoms with Gasteiger partial charge in [-0.15, -0.1) is 0 Å². The molecule has 1 fully saturated rings. The van der Waals surface area contributed by atoms with Gasteiger partial charge in [0.2, 0.25) is 11.8 Å². The van der Waals surface area contributed by atoms with Gasteiger partial charge in [-0.3, -0.25) is 0 Å². The van der Waals surface area contributed by atoms with Crippen LogP contribution in [0.4, 0.5) is 5.95 Å². The Bertz CT molecular complexity index is 406. The van der Waals surface area contributed by atoms with Gasteiger partial charge in [0, 0.05) is 18.3 Å². The minimum atomic E-state index is 0.137. The van der Waals surface area contributed by atoms with Crippen molar-refractivity contribution >= 4 is 17.7 Å². The fourth-order valence-electron chi connectivity index (χ4n) is 2.11. The Morgan fingerprint density at radius 2 is 2.11 bits per heavy atom. The Morgan fingerprint density at radius 3 is 2.79 bits per heavy atom. The molecule has 0 radical (unpaired) electrons. The molecular formula is C14H23N3OS. The molecule has 1 saturated heterocycles. The summed E-state index contributed by atoms with van der Waals surface area (Å²) < 4.78 is 5.63. The number of anilines is 1. The zero-order valence-corrected chi connectivity index (χ0v) is 12.8. The van der Waals surface area contributed by atoms with Crippen LogP contribution in [0, 0.1) is 12.8 Å². The highest BCUT2D eigenvalue weighted by atomic mass is 32.2. The maximum Gasteiger partial charge on any atom is 0.226 e. The van der Waals surface area contributed by atoms with Crippen LogP contribution in [0.5, 0.6) is 5.88 Å².